The van der Waals surface area contributed by atoms with Crippen LogP contribution in [0.25, 0.3) is 0 Å². The molecule has 0 aliphatic carbocycles. The van der Waals surface area contributed by atoms with Crippen LogP contribution in [-0.2, 0) is 4.74 Å². The number of ether oxygens (including phenoxy) is 2. The molecule has 94 valence electrons. The van der Waals surface area contributed by atoms with Crippen molar-refractivity contribution in [1.29, 1.82) is 0 Å². The van der Waals surface area contributed by atoms with E-state index in [4.69, 9.17) is 21.1 Å². The van der Waals surface area contributed by atoms with Gasteiger partial charge in [0.2, 0.25) is 0 Å². The molecule has 0 amide bonds. The molecule has 1 atom stereocenters. The fourth-order valence-corrected chi connectivity index (χ4v) is 1.88. The SMILES string of the molecule is COc1ccc(Cl)cc1C(=O)C(OC)C(C)C. The zero-order chi connectivity index (χ0) is 13.0. The summed E-state index contributed by atoms with van der Waals surface area (Å²) in [4.78, 5) is 12.3. The Kier molecular flexibility index (Phi) is 4.97. The molecule has 0 aromatic heterocycles. The fraction of sp³-hybridized carbons (Fsp3) is 0.462. The third-order valence-electron chi connectivity index (χ3n) is 2.54. The molecule has 0 aliphatic rings. The van der Waals surface area contributed by atoms with Crippen LogP contribution >= 0.6 is 11.6 Å². The number of hydrogen-bond acceptors (Lipinski definition) is 3. The van der Waals surface area contributed by atoms with Crippen molar-refractivity contribution in [2.24, 2.45) is 5.92 Å². The summed E-state index contributed by atoms with van der Waals surface area (Å²) >= 11 is 5.90. The molecule has 0 saturated heterocycles. The van der Waals surface area contributed by atoms with Gasteiger partial charge in [0.25, 0.3) is 0 Å². The monoisotopic (exact) mass is 256 g/mol. The lowest BCUT2D eigenvalue weighted by Crippen LogP contribution is -2.28. The third kappa shape index (κ3) is 3.20. The van der Waals surface area contributed by atoms with Gasteiger partial charge in [-0.15, -0.1) is 0 Å². The number of halogens is 1. The van der Waals surface area contributed by atoms with E-state index in [0.717, 1.165) is 0 Å². The van der Waals surface area contributed by atoms with E-state index in [0.29, 0.717) is 16.3 Å². The molecule has 3 nitrogen and oxygen atoms in total. The van der Waals surface area contributed by atoms with Crippen molar-refractivity contribution in [3.63, 3.8) is 0 Å². The van der Waals surface area contributed by atoms with Gasteiger partial charge in [0.05, 0.1) is 12.7 Å². The van der Waals surface area contributed by atoms with E-state index in [-0.39, 0.29) is 11.7 Å². The van der Waals surface area contributed by atoms with E-state index < -0.39 is 6.10 Å². The predicted octanol–water partition coefficient (Wildman–Crippen LogP) is 3.20. The summed E-state index contributed by atoms with van der Waals surface area (Å²) in [5, 5.41) is 0.507. The second kappa shape index (κ2) is 6.03. The number of ketones is 1. The second-order valence-electron chi connectivity index (χ2n) is 4.11. The Bertz CT molecular complexity index is 402. The molecule has 1 rings (SSSR count). The standard InChI is InChI=1S/C13H17ClO3/c1-8(2)13(17-4)12(15)10-7-9(14)5-6-11(10)16-3/h5-8,13H,1-4H3. The minimum atomic E-state index is -0.484. The topological polar surface area (TPSA) is 35.5 Å². The lowest BCUT2D eigenvalue weighted by Gasteiger charge is -2.19. The van der Waals surface area contributed by atoms with Gasteiger partial charge >= 0.3 is 0 Å². The van der Waals surface area contributed by atoms with E-state index in [1.807, 2.05) is 13.8 Å². The molecule has 0 heterocycles. The highest BCUT2D eigenvalue weighted by Crippen LogP contribution is 2.25. The molecular weight excluding hydrogens is 240 g/mol. The first-order valence-electron chi connectivity index (χ1n) is 5.41. The molecular formula is C13H17ClO3. The Morgan fingerprint density at radius 2 is 1.94 bits per heavy atom. The number of hydrogen-bond donors (Lipinski definition) is 0. The quantitative estimate of drug-likeness (QED) is 0.759. The summed E-state index contributed by atoms with van der Waals surface area (Å²) in [5.74, 6) is 0.500. The highest BCUT2D eigenvalue weighted by atomic mass is 35.5. The van der Waals surface area contributed by atoms with Crippen LogP contribution in [0.2, 0.25) is 5.02 Å². The van der Waals surface area contributed by atoms with Crippen LogP contribution in [0.1, 0.15) is 24.2 Å². The van der Waals surface area contributed by atoms with Crippen LogP contribution in [-0.4, -0.2) is 26.1 Å². The Labute approximate surface area is 107 Å². The van der Waals surface area contributed by atoms with Crippen molar-refractivity contribution in [1.82, 2.24) is 0 Å². The molecule has 0 fully saturated rings. The Morgan fingerprint density at radius 3 is 2.41 bits per heavy atom. The van der Waals surface area contributed by atoms with Gasteiger partial charge in [-0.05, 0) is 24.1 Å². The van der Waals surface area contributed by atoms with Gasteiger partial charge in [0, 0.05) is 12.1 Å². The molecule has 1 aromatic carbocycles. The average molecular weight is 257 g/mol. The van der Waals surface area contributed by atoms with Gasteiger partial charge in [0.1, 0.15) is 11.9 Å². The van der Waals surface area contributed by atoms with Crippen molar-refractivity contribution in [2.45, 2.75) is 20.0 Å². The zero-order valence-corrected chi connectivity index (χ0v) is 11.2. The first-order chi connectivity index (χ1) is 8.01. The summed E-state index contributed by atoms with van der Waals surface area (Å²) < 4.78 is 10.4. The molecule has 0 radical (unpaired) electrons. The predicted molar refractivity (Wildman–Crippen MR) is 68.0 cm³/mol. The van der Waals surface area contributed by atoms with Crippen molar-refractivity contribution in [2.75, 3.05) is 14.2 Å². The van der Waals surface area contributed by atoms with Crippen LogP contribution < -0.4 is 4.74 Å². The number of rotatable bonds is 5. The molecule has 0 saturated carbocycles. The smallest absolute Gasteiger partial charge is 0.195 e. The van der Waals surface area contributed by atoms with Gasteiger partial charge in [-0.3, -0.25) is 4.79 Å². The Balaban J connectivity index is 3.13. The van der Waals surface area contributed by atoms with Gasteiger partial charge in [-0.1, -0.05) is 25.4 Å². The van der Waals surface area contributed by atoms with Crippen molar-refractivity contribution < 1.29 is 14.3 Å². The number of carbonyl (C=O) groups is 1. The zero-order valence-electron chi connectivity index (χ0n) is 10.5. The second-order valence-corrected chi connectivity index (χ2v) is 4.55. The molecule has 0 spiro atoms. The van der Waals surface area contributed by atoms with Gasteiger partial charge in [0.15, 0.2) is 5.78 Å². The van der Waals surface area contributed by atoms with E-state index in [9.17, 15) is 4.79 Å². The van der Waals surface area contributed by atoms with Gasteiger partial charge < -0.3 is 9.47 Å². The molecule has 1 unspecified atom stereocenters. The number of Topliss-reactive ketones (excluding diaryl/α,β-unsaturated/α-hetero) is 1. The maximum atomic E-state index is 12.3. The Hall–Kier alpha value is -1.06. The van der Waals surface area contributed by atoms with E-state index >= 15 is 0 Å². The largest absolute Gasteiger partial charge is 0.496 e. The average Bonchev–Trinajstić information content (AvgIpc) is 2.29. The van der Waals surface area contributed by atoms with Crippen LogP contribution in [0.3, 0.4) is 0 Å². The molecule has 0 bridgehead atoms. The summed E-state index contributed by atoms with van der Waals surface area (Å²) in [6.07, 6.45) is -0.484. The van der Waals surface area contributed by atoms with Crippen molar-refractivity contribution in [3.8, 4) is 5.75 Å². The number of methoxy groups -OCH3 is 2. The summed E-state index contributed by atoms with van der Waals surface area (Å²) in [5.41, 5.74) is 0.459. The highest BCUT2D eigenvalue weighted by Gasteiger charge is 2.25. The van der Waals surface area contributed by atoms with Crippen molar-refractivity contribution in [3.05, 3.63) is 28.8 Å². The fourth-order valence-electron chi connectivity index (χ4n) is 1.71. The highest BCUT2D eigenvalue weighted by molar-refractivity contribution is 6.31. The van der Waals surface area contributed by atoms with Crippen molar-refractivity contribution >= 4 is 17.4 Å². The molecule has 17 heavy (non-hydrogen) atoms. The normalized spacial score (nSPS) is 12.6. The van der Waals surface area contributed by atoms with Gasteiger partial charge in [-0.2, -0.15) is 0 Å². The maximum absolute atomic E-state index is 12.3. The molecule has 1 aromatic rings. The minimum absolute atomic E-state index is 0.0937. The third-order valence-corrected chi connectivity index (χ3v) is 2.78. The molecule has 0 aliphatic heterocycles. The van der Waals surface area contributed by atoms with E-state index in [1.54, 1.807) is 18.2 Å². The van der Waals surface area contributed by atoms with Crippen LogP contribution in [0.4, 0.5) is 0 Å². The number of benzene rings is 1. The maximum Gasteiger partial charge on any atom is 0.195 e. The molecule has 4 heteroatoms. The van der Waals surface area contributed by atoms with Gasteiger partial charge in [-0.25, -0.2) is 0 Å². The number of carbonyl (C=O) groups excluding carboxylic acids is 1. The van der Waals surface area contributed by atoms with E-state index in [1.165, 1.54) is 14.2 Å². The lowest BCUT2D eigenvalue weighted by atomic mass is 9.97. The summed E-state index contributed by atoms with van der Waals surface area (Å²) in [7, 11) is 3.05. The summed E-state index contributed by atoms with van der Waals surface area (Å²) in [6.45, 7) is 3.87. The van der Waals surface area contributed by atoms with E-state index in [2.05, 4.69) is 0 Å². The van der Waals surface area contributed by atoms with Crippen LogP contribution in [0.5, 0.6) is 5.75 Å². The van der Waals surface area contributed by atoms with Crippen LogP contribution in [0.15, 0.2) is 18.2 Å². The molecule has 0 N–H and O–H groups in total. The first-order valence-corrected chi connectivity index (χ1v) is 5.79. The Morgan fingerprint density at radius 1 is 1.29 bits per heavy atom. The summed E-state index contributed by atoms with van der Waals surface area (Å²) in [6, 6.07) is 4.98. The van der Waals surface area contributed by atoms with Crippen LogP contribution in [0, 0.1) is 5.92 Å². The lowest BCUT2D eigenvalue weighted by molar-refractivity contribution is 0.0456. The minimum Gasteiger partial charge on any atom is -0.496 e. The first kappa shape index (κ1) is 14.0.